The number of carbonyl (C=O) groups excluding carboxylic acids is 2. The van der Waals surface area contributed by atoms with Gasteiger partial charge in [-0.05, 0) is 50.0 Å². The minimum Gasteiger partial charge on any atom is -0.459 e. The Morgan fingerprint density at radius 1 is 0.979 bits per heavy atom. The SMILES string of the molecule is CC(=CC(C)CC(O)C1OC2CC1OC(=O)C(C)C(O)C(=O)C(C)C(C)C=CC(O)C2O)C(O)C(C)C(O)C(C)CC(Cl)C(O)CO. The van der Waals surface area contributed by atoms with Crippen LogP contribution in [0.4, 0.5) is 0 Å². The molecule has 0 aromatic carbocycles. The third-order valence-corrected chi connectivity index (χ3v) is 10.4. The van der Waals surface area contributed by atoms with Crippen LogP contribution in [0.1, 0.15) is 67.7 Å². The van der Waals surface area contributed by atoms with Crippen LogP contribution in [0.5, 0.6) is 0 Å². The summed E-state index contributed by atoms with van der Waals surface area (Å²) in [6.07, 6.45) is -6.96. The molecule has 1 saturated heterocycles. The maximum Gasteiger partial charge on any atom is 0.312 e. The van der Waals surface area contributed by atoms with E-state index in [2.05, 4.69) is 0 Å². The first-order chi connectivity index (χ1) is 21.8. The van der Waals surface area contributed by atoms with Crippen LogP contribution < -0.4 is 0 Å². The van der Waals surface area contributed by atoms with Crippen LogP contribution in [0, 0.1) is 35.5 Å². The van der Waals surface area contributed by atoms with Gasteiger partial charge in [0.05, 0.1) is 48.4 Å². The number of ketones is 1. The van der Waals surface area contributed by atoms with Crippen LogP contribution in [0.25, 0.3) is 0 Å². The van der Waals surface area contributed by atoms with E-state index in [1.807, 2.05) is 0 Å². The normalized spacial score (nSPS) is 36.4. The molecule has 13 heteroatoms. The zero-order valence-electron chi connectivity index (χ0n) is 28.5. The quantitative estimate of drug-likeness (QED) is 0.0813. The fraction of sp³-hybridized carbons (Fsp3) is 0.824. The molecule has 0 spiro atoms. The molecule has 2 aliphatic heterocycles. The van der Waals surface area contributed by atoms with Gasteiger partial charge in [0.25, 0.3) is 0 Å². The van der Waals surface area contributed by atoms with Crippen molar-refractivity contribution >= 4 is 23.4 Å². The molecule has 0 aromatic rings. The van der Waals surface area contributed by atoms with E-state index in [0.29, 0.717) is 5.57 Å². The Morgan fingerprint density at radius 2 is 1.60 bits per heavy atom. The number of rotatable bonds is 12. The number of carbonyl (C=O) groups is 2. The highest BCUT2D eigenvalue weighted by molar-refractivity contribution is 6.21. The average molecular weight is 693 g/mol. The molecule has 0 amide bonds. The number of aliphatic hydroxyl groups excluding tert-OH is 8. The summed E-state index contributed by atoms with van der Waals surface area (Å²) in [5.41, 5.74) is 0.543. The first-order valence-electron chi connectivity index (χ1n) is 16.6. The Kier molecular flexibility index (Phi) is 16.4. The number of allylic oxidation sites excluding steroid dienone is 2. The van der Waals surface area contributed by atoms with E-state index in [4.69, 9.17) is 26.2 Å². The lowest BCUT2D eigenvalue weighted by atomic mass is 9.83. The highest BCUT2D eigenvalue weighted by atomic mass is 35.5. The lowest BCUT2D eigenvalue weighted by Gasteiger charge is -2.31. The zero-order valence-corrected chi connectivity index (χ0v) is 29.2. The van der Waals surface area contributed by atoms with Gasteiger partial charge in [-0.25, -0.2) is 0 Å². The number of fused-ring (bicyclic) bond motifs is 2. The van der Waals surface area contributed by atoms with Crippen LogP contribution >= 0.6 is 11.6 Å². The van der Waals surface area contributed by atoms with Crippen molar-refractivity contribution in [2.75, 3.05) is 6.61 Å². The lowest BCUT2D eigenvalue weighted by molar-refractivity contribution is -0.167. The van der Waals surface area contributed by atoms with Crippen LogP contribution in [-0.4, -0.2) is 126 Å². The number of esters is 1. The van der Waals surface area contributed by atoms with Crippen molar-refractivity contribution in [3.63, 3.8) is 0 Å². The summed E-state index contributed by atoms with van der Waals surface area (Å²) in [5, 5.41) is 83.4. The zero-order chi connectivity index (χ0) is 35.9. The van der Waals surface area contributed by atoms with Crippen LogP contribution in [-0.2, 0) is 19.1 Å². The van der Waals surface area contributed by atoms with Crippen molar-refractivity contribution in [3.05, 3.63) is 23.8 Å². The fourth-order valence-corrected chi connectivity index (χ4v) is 6.71. The molecule has 0 aromatic heterocycles. The van der Waals surface area contributed by atoms with Crippen LogP contribution in [0.2, 0.25) is 0 Å². The summed E-state index contributed by atoms with van der Waals surface area (Å²) in [7, 11) is 0. The van der Waals surface area contributed by atoms with Crippen molar-refractivity contribution in [1.82, 2.24) is 0 Å². The number of Topliss-reactive ketones (excluding diaryl/α,β-unsaturated/α-hetero) is 1. The summed E-state index contributed by atoms with van der Waals surface area (Å²) in [6.45, 7) is 11.1. The molecular weight excluding hydrogens is 636 g/mol. The Bertz CT molecular complexity index is 1070. The number of hydrogen-bond donors (Lipinski definition) is 8. The molecule has 8 N–H and O–H groups in total. The van der Waals surface area contributed by atoms with Crippen molar-refractivity contribution in [2.24, 2.45) is 35.5 Å². The molecule has 2 rings (SSSR count). The summed E-state index contributed by atoms with van der Waals surface area (Å²) >= 11 is 6.13. The maximum atomic E-state index is 13.1. The summed E-state index contributed by atoms with van der Waals surface area (Å²) in [6, 6.07) is 0. The van der Waals surface area contributed by atoms with Gasteiger partial charge >= 0.3 is 5.97 Å². The number of aliphatic hydroxyl groups is 8. The smallest absolute Gasteiger partial charge is 0.312 e. The number of halogens is 1. The molecule has 12 nitrogen and oxygen atoms in total. The standard InChI is InChI=1S/C34H57ClO12/c1-15(10-17(3)28(40)20(6)29(41)18(4)12-22(35)25(39)14-36)11-24(38)33-27-13-26(46-33)32(44)23(37)9-8-16(2)19(5)30(42)31(43)21(7)34(45)47-27/h8-10,15-16,18-29,31-33,36-41,43-44H,11-14H2,1-7H3. The molecule has 0 saturated carbocycles. The molecule has 47 heavy (non-hydrogen) atoms. The van der Waals surface area contributed by atoms with E-state index >= 15 is 0 Å². The third-order valence-electron chi connectivity index (χ3n) is 9.98. The Labute approximate surface area is 283 Å². The molecule has 272 valence electrons. The van der Waals surface area contributed by atoms with Crippen molar-refractivity contribution < 1.29 is 59.9 Å². The second-order valence-electron chi connectivity index (χ2n) is 14.0. The van der Waals surface area contributed by atoms with Crippen LogP contribution in [0.15, 0.2) is 23.8 Å². The van der Waals surface area contributed by atoms with Crippen molar-refractivity contribution in [2.45, 2.75) is 134 Å². The summed E-state index contributed by atoms with van der Waals surface area (Å²) in [4.78, 5) is 25.9. The van der Waals surface area contributed by atoms with Gasteiger partial charge < -0.3 is 50.3 Å². The molecule has 0 radical (unpaired) electrons. The highest BCUT2D eigenvalue weighted by Crippen LogP contribution is 2.33. The number of hydrogen-bond acceptors (Lipinski definition) is 12. The summed E-state index contributed by atoms with van der Waals surface area (Å²) in [5.74, 6) is -5.04. The van der Waals surface area contributed by atoms with Crippen LogP contribution in [0.3, 0.4) is 0 Å². The van der Waals surface area contributed by atoms with E-state index in [-0.39, 0.29) is 31.1 Å². The minimum absolute atomic E-state index is 0.0453. The van der Waals surface area contributed by atoms with E-state index < -0.39 is 108 Å². The Morgan fingerprint density at radius 3 is 2.19 bits per heavy atom. The highest BCUT2D eigenvalue weighted by Gasteiger charge is 2.47. The summed E-state index contributed by atoms with van der Waals surface area (Å²) < 4.78 is 11.6. The minimum atomic E-state index is -1.62. The monoisotopic (exact) mass is 692 g/mol. The van der Waals surface area contributed by atoms with Gasteiger partial charge in [0.2, 0.25) is 0 Å². The van der Waals surface area contributed by atoms with E-state index in [9.17, 15) is 45.3 Å². The topological polar surface area (TPSA) is 214 Å². The Balaban J connectivity index is 2.19. The van der Waals surface area contributed by atoms with Crippen molar-refractivity contribution in [1.29, 1.82) is 0 Å². The van der Waals surface area contributed by atoms with Gasteiger partial charge in [0.1, 0.15) is 30.5 Å². The predicted octanol–water partition coefficient (Wildman–Crippen LogP) is 0.864. The van der Waals surface area contributed by atoms with Gasteiger partial charge in [-0.15, -0.1) is 11.6 Å². The predicted molar refractivity (Wildman–Crippen MR) is 174 cm³/mol. The maximum absolute atomic E-state index is 13.1. The fourth-order valence-electron chi connectivity index (χ4n) is 6.35. The molecule has 2 heterocycles. The van der Waals surface area contributed by atoms with Gasteiger partial charge in [-0.1, -0.05) is 52.8 Å². The first kappa shape index (κ1) is 41.7. The number of ether oxygens (including phenoxy) is 2. The Hall–Kier alpha value is -1.45. The van der Waals surface area contributed by atoms with E-state index in [1.54, 1.807) is 53.7 Å². The first-order valence-corrected chi connectivity index (χ1v) is 17.0. The lowest BCUT2D eigenvalue weighted by Crippen LogP contribution is -2.42. The van der Waals surface area contributed by atoms with Gasteiger partial charge in [0, 0.05) is 18.3 Å². The second kappa shape index (κ2) is 18.5. The molecule has 1 fully saturated rings. The molecule has 2 aliphatic rings. The van der Waals surface area contributed by atoms with Gasteiger partial charge in [-0.2, -0.15) is 0 Å². The average Bonchev–Trinajstić information content (AvgIpc) is 3.46. The van der Waals surface area contributed by atoms with Gasteiger partial charge in [0.15, 0.2) is 5.78 Å². The second-order valence-corrected chi connectivity index (χ2v) is 14.5. The largest absolute Gasteiger partial charge is 0.459 e. The van der Waals surface area contributed by atoms with Gasteiger partial charge in [-0.3, -0.25) is 9.59 Å². The molecule has 17 unspecified atom stereocenters. The van der Waals surface area contributed by atoms with E-state index in [0.717, 1.165) is 0 Å². The van der Waals surface area contributed by atoms with Crippen molar-refractivity contribution in [3.8, 4) is 0 Å². The number of alkyl halides is 1. The molecular formula is C34H57ClO12. The third kappa shape index (κ3) is 11.0. The molecule has 2 bridgehead atoms. The molecule has 17 atom stereocenters. The molecule has 0 aliphatic carbocycles. The van der Waals surface area contributed by atoms with E-state index in [1.165, 1.54) is 13.0 Å².